The molecule has 0 radical (unpaired) electrons. The lowest BCUT2D eigenvalue weighted by Gasteiger charge is -2.51. The predicted octanol–water partition coefficient (Wildman–Crippen LogP) is 0.856. The van der Waals surface area contributed by atoms with Crippen LogP contribution in [0.5, 0.6) is 0 Å². The third-order valence-electron chi connectivity index (χ3n) is 9.06. The van der Waals surface area contributed by atoms with Crippen molar-refractivity contribution >= 4 is 29.8 Å². The van der Waals surface area contributed by atoms with Crippen LogP contribution < -0.4 is 5.32 Å². The van der Waals surface area contributed by atoms with Gasteiger partial charge in [-0.25, -0.2) is 4.79 Å². The van der Waals surface area contributed by atoms with Crippen molar-refractivity contribution in [2.75, 3.05) is 27.4 Å². The Morgan fingerprint density at radius 2 is 1.46 bits per heavy atom. The number of ether oxygens (including phenoxy) is 10. The Morgan fingerprint density at radius 1 is 0.842 bits per heavy atom. The van der Waals surface area contributed by atoms with Crippen LogP contribution in [-0.2, 0) is 84.6 Å². The molecule has 0 spiro atoms. The number of esters is 4. The Kier molecular flexibility index (Phi) is 16.9. The van der Waals surface area contributed by atoms with E-state index in [2.05, 4.69) is 5.32 Å². The van der Waals surface area contributed by atoms with Crippen LogP contribution in [0, 0.1) is 0 Å². The van der Waals surface area contributed by atoms with Crippen LogP contribution in [0.1, 0.15) is 45.2 Å². The quantitative estimate of drug-likeness (QED) is 0.140. The summed E-state index contributed by atoms with van der Waals surface area (Å²) in [5.41, 5.74) is 1.58. The fraction of sp³-hybridized carbons (Fsp3) is 0.564. The van der Waals surface area contributed by atoms with E-state index in [4.69, 9.17) is 47.4 Å². The number of methoxy groups -OCH3 is 2. The van der Waals surface area contributed by atoms with E-state index in [1.807, 2.05) is 36.4 Å². The molecule has 2 aliphatic heterocycles. The molecule has 18 nitrogen and oxygen atoms in total. The van der Waals surface area contributed by atoms with Gasteiger partial charge in [-0.1, -0.05) is 60.7 Å². The lowest BCUT2D eigenvalue weighted by molar-refractivity contribution is -0.373. The zero-order valence-electron chi connectivity index (χ0n) is 32.6. The highest BCUT2D eigenvalue weighted by Crippen LogP contribution is 2.39. The zero-order valence-corrected chi connectivity index (χ0v) is 32.6. The fourth-order valence-electron chi connectivity index (χ4n) is 6.59. The average Bonchev–Trinajstić information content (AvgIpc) is 3.17. The van der Waals surface area contributed by atoms with Crippen LogP contribution in [0.2, 0.25) is 0 Å². The summed E-state index contributed by atoms with van der Waals surface area (Å²) in [5.74, 6) is -7.15. The van der Waals surface area contributed by atoms with Gasteiger partial charge in [0.25, 0.3) is 5.79 Å². The molecule has 18 heteroatoms. The van der Waals surface area contributed by atoms with Crippen LogP contribution in [-0.4, -0.2) is 134 Å². The van der Waals surface area contributed by atoms with E-state index in [-0.39, 0.29) is 19.8 Å². The summed E-state index contributed by atoms with van der Waals surface area (Å²) in [6.45, 7) is 3.57. The number of nitrogens with one attached hydrogen (secondary N) is 1. The normalized spacial score (nSPS) is 28.3. The molecule has 0 saturated carbocycles. The van der Waals surface area contributed by atoms with Gasteiger partial charge in [0.05, 0.1) is 39.1 Å². The molecule has 1 amide bonds. The van der Waals surface area contributed by atoms with Gasteiger partial charge in [-0.3, -0.25) is 19.2 Å². The predicted molar refractivity (Wildman–Crippen MR) is 193 cm³/mol. The Balaban J connectivity index is 1.79. The molecule has 2 aromatic rings. The van der Waals surface area contributed by atoms with E-state index in [9.17, 15) is 34.2 Å². The molecule has 11 atom stereocenters. The van der Waals surface area contributed by atoms with E-state index in [0.29, 0.717) is 0 Å². The average molecular weight is 806 g/mol. The van der Waals surface area contributed by atoms with Gasteiger partial charge in [0.15, 0.2) is 18.5 Å². The number of carbonyl (C=O) groups excluding carboxylic acids is 5. The Hall–Kier alpha value is -4.53. The summed E-state index contributed by atoms with van der Waals surface area (Å²) < 4.78 is 58.1. The standard InChI is InChI=1S/C39H51NO17/c1-22(41)40-31-28(45)17-39(38(47)49-6,56-34(31)33(54-25(4)44)30(53-24(3)43)21-51-23(2)42)57-35-32(46)29(20-50-18-26-13-9-7-10-14-26)55-37(48-5)36(35)52-19-27-15-11-8-12-16-27/h7-16,28-37,45-46H,17-21H2,1-6H3,(H,40,41)/t28-,29-,30+,31+,32+,33+,34+,35+,36-,37+,39+/m0/s1. The number of hydrogen-bond donors (Lipinski definition) is 3. The molecule has 2 aliphatic rings. The molecule has 0 aliphatic carbocycles. The number of amides is 1. The maximum atomic E-state index is 14.0. The van der Waals surface area contributed by atoms with E-state index in [1.165, 1.54) is 7.11 Å². The van der Waals surface area contributed by atoms with Crippen LogP contribution in [0.25, 0.3) is 0 Å². The minimum Gasteiger partial charge on any atom is -0.465 e. The summed E-state index contributed by atoms with van der Waals surface area (Å²) >= 11 is 0. The number of hydrogen-bond acceptors (Lipinski definition) is 17. The summed E-state index contributed by atoms with van der Waals surface area (Å²) in [4.78, 5) is 63.2. The van der Waals surface area contributed by atoms with E-state index >= 15 is 0 Å². The molecule has 2 fully saturated rings. The second kappa shape index (κ2) is 21.3. The van der Waals surface area contributed by atoms with Crippen molar-refractivity contribution in [3.63, 3.8) is 0 Å². The maximum Gasteiger partial charge on any atom is 0.366 e. The fourth-order valence-corrected chi connectivity index (χ4v) is 6.59. The van der Waals surface area contributed by atoms with Crippen LogP contribution in [0.3, 0.4) is 0 Å². The first-order valence-corrected chi connectivity index (χ1v) is 18.2. The number of rotatable bonds is 18. The van der Waals surface area contributed by atoms with Crippen molar-refractivity contribution in [2.24, 2.45) is 0 Å². The van der Waals surface area contributed by atoms with Gasteiger partial charge in [0.1, 0.15) is 37.1 Å². The number of benzene rings is 2. The number of aliphatic hydroxyl groups is 2. The highest BCUT2D eigenvalue weighted by Gasteiger charge is 2.61. The summed E-state index contributed by atoms with van der Waals surface area (Å²) in [5, 5.41) is 26.3. The van der Waals surface area contributed by atoms with Gasteiger partial charge < -0.3 is 62.9 Å². The van der Waals surface area contributed by atoms with Crippen LogP contribution >= 0.6 is 0 Å². The molecule has 2 aromatic carbocycles. The lowest BCUT2D eigenvalue weighted by atomic mass is 9.87. The van der Waals surface area contributed by atoms with Crippen molar-refractivity contribution in [2.45, 2.75) is 114 Å². The smallest absolute Gasteiger partial charge is 0.366 e. The molecule has 2 heterocycles. The molecule has 4 rings (SSSR count). The topological polar surface area (TPSA) is 230 Å². The van der Waals surface area contributed by atoms with Gasteiger partial charge >= 0.3 is 23.9 Å². The van der Waals surface area contributed by atoms with Crippen molar-refractivity contribution in [1.29, 1.82) is 0 Å². The van der Waals surface area contributed by atoms with Gasteiger partial charge in [-0.15, -0.1) is 0 Å². The highest BCUT2D eigenvalue weighted by atomic mass is 16.8. The third-order valence-corrected chi connectivity index (χ3v) is 9.06. The number of aliphatic hydroxyl groups excluding tert-OH is 2. The van der Waals surface area contributed by atoms with E-state index in [0.717, 1.165) is 45.9 Å². The third kappa shape index (κ3) is 12.5. The molecular formula is C39H51NO17. The number of carbonyl (C=O) groups is 5. The molecular weight excluding hydrogens is 754 g/mol. The van der Waals surface area contributed by atoms with Crippen molar-refractivity contribution in [3.05, 3.63) is 71.8 Å². The first-order valence-electron chi connectivity index (χ1n) is 18.2. The minimum absolute atomic E-state index is 0.0346. The summed E-state index contributed by atoms with van der Waals surface area (Å²) in [7, 11) is 2.36. The molecule has 0 aromatic heterocycles. The molecule has 2 saturated heterocycles. The summed E-state index contributed by atoms with van der Waals surface area (Å²) in [6, 6.07) is 16.8. The second-order valence-corrected chi connectivity index (χ2v) is 13.5. The van der Waals surface area contributed by atoms with Crippen molar-refractivity contribution in [3.8, 4) is 0 Å². The Morgan fingerprint density at radius 3 is 2.00 bits per heavy atom. The van der Waals surface area contributed by atoms with Crippen LogP contribution in [0.15, 0.2) is 60.7 Å². The van der Waals surface area contributed by atoms with Crippen molar-refractivity contribution in [1.82, 2.24) is 5.32 Å². The monoisotopic (exact) mass is 805 g/mol. The molecule has 0 unspecified atom stereocenters. The highest BCUT2D eigenvalue weighted by molar-refractivity contribution is 5.78. The molecule has 3 N–H and O–H groups in total. The second-order valence-electron chi connectivity index (χ2n) is 13.5. The Labute approximate surface area is 329 Å². The van der Waals surface area contributed by atoms with Gasteiger partial charge in [0.2, 0.25) is 5.91 Å². The largest absolute Gasteiger partial charge is 0.465 e. The van der Waals surface area contributed by atoms with Crippen molar-refractivity contribution < 1.29 is 81.6 Å². The van der Waals surface area contributed by atoms with E-state index in [1.54, 1.807) is 24.3 Å². The molecule has 314 valence electrons. The maximum absolute atomic E-state index is 14.0. The van der Waals surface area contributed by atoms with Gasteiger partial charge in [-0.2, -0.15) is 0 Å². The van der Waals surface area contributed by atoms with Crippen LogP contribution in [0.4, 0.5) is 0 Å². The SMILES string of the molecule is COC(=O)[C@]1(O[C@@H]2[C@H](O)[C@H](COCc3ccccc3)O[C@@H](OC)[C@H]2OCc2ccccc2)C[C@H](O)[C@@H](NC(C)=O)[C@H]([C@H](OC(C)=O)[C@@H](COC(C)=O)OC(C)=O)O1. The summed E-state index contributed by atoms with van der Waals surface area (Å²) in [6.07, 6.45) is -14.4. The molecule has 57 heavy (non-hydrogen) atoms. The first-order chi connectivity index (χ1) is 27.2. The lowest BCUT2D eigenvalue weighted by Crippen LogP contribution is -2.71. The van der Waals surface area contributed by atoms with E-state index < -0.39 is 110 Å². The van der Waals surface area contributed by atoms with Gasteiger partial charge in [-0.05, 0) is 11.1 Å². The zero-order chi connectivity index (χ0) is 41.7. The minimum atomic E-state index is -2.65. The first kappa shape index (κ1) is 45.2. The molecule has 0 bridgehead atoms. The Bertz CT molecular complexity index is 1630. The van der Waals surface area contributed by atoms with Gasteiger partial charge in [0, 0.05) is 41.2 Å².